The third-order valence-corrected chi connectivity index (χ3v) is 3.57. The molecule has 0 aliphatic carbocycles. The van der Waals surface area contributed by atoms with E-state index >= 15 is 0 Å². The lowest BCUT2D eigenvalue weighted by Gasteiger charge is -2.10. The van der Waals surface area contributed by atoms with E-state index in [1.165, 1.54) is 18.3 Å². The summed E-state index contributed by atoms with van der Waals surface area (Å²) < 4.78 is 19.6. The number of hydrogen-bond acceptors (Lipinski definition) is 3. The van der Waals surface area contributed by atoms with Crippen molar-refractivity contribution in [1.82, 2.24) is 4.98 Å². The number of pyridine rings is 1. The summed E-state index contributed by atoms with van der Waals surface area (Å²) >= 11 is 11.9. The van der Waals surface area contributed by atoms with Crippen molar-refractivity contribution in [3.05, 3.63) is 49.7 Å². The van der Waals surface area contributed by atoms with Crippen molar-refractivity contribution in [3.8, 4) is 11.6 Å². The minimum atomic E-state index is -1.21. The van der Waals surface area contributed by atoms with Crippen LogP contribution < -0.4 is 4.74 Å². The van der Waals surface area contributed by atoms with E-state index in [4.69, 9.17) is 21.4 Å². The van der Waals surface area contributed by atoms with Crippen molar-refractivity contribution >= 4 is 49.4 Å². The van der Waals surface area contributed by atoms with E-state index in [0.29, 0.717) is 8.95 Å². The molecule has 1 N–H and O–H groups in total. The molecular weight excluding hydrogens is 420 g/mol. The first-order valence-electron chi connectivity index (χ1n) is 5.09. The molecule has 0 saturated carbocycles. The minimum absolute atomic E-state index is 0.0734. The van der Waals surface area contributed by atoms with Crippen LogP contribution in [0, 0.1) is 5.82 Å². The Labute approximate surface area is 134 Å². The summed E-state index contributed by atoms with van der Waals surface area (Å²) in [5.74, 6) is -1.97. The van der Waals surface area contributed by atoms with E-state index in [0.717, 1.165) is 6.07 Å². The molecule has 0 radical (unpaired) electrons. The van der Waals surface area contributed by atoms with Crippen LogP contribution in [0.15, 0.2) is 33.3 Å². The van der Waals surface area contributed by atoms with E-state index in [-0.39, 0.29) is 22.2 Å². The summed E-state index contributed by atoms with van der Waals surface area (Å²) in [5.41, 5.74) is -0.151. The zero-order valence-corrected chi connectivity index (χ0v) is 13.5. The van der Waals surface area contributed by atoms with Gasteiger partial charge in [0.1, 0.15) is 17.1 Å². The maximum Gasteiger partial charge on any atom is 0.341 e. The molecule has 104 valence electrons. The van der Waals surface area contributed by atoms with Gasteiger partial charge in [-0.15, -0.1) is 0 Å². The molecule has 0 bridgehead atoms. The van der Waals surface area contributed by atoms with Gasteiger partial charge in [0.2, 0.25) is 5.88 Å². The van der Waals surface area contributed by atoms with Crippen LogP contribution >= 0.6 is 43.5 Å². The van der Waals surface area contributed by atoms with Crippen molar-refractivity contribution in [2.75, 3.05) is 0 Å². The average molecular weight is 425 g/mol. The second kappa shape index (κ2) is 6.07. The fraction of sp³-hybridized carbons (Fsp3) is 0. The third kappa shape index (κ3) is 3.28. The van der Waals surface area contributed by atoms with Crippen LogP contribution in [-0.4, -0.2) is 16.1 Å². The second-order valence-corrected chi connectivity index (χ2v) is 5.79. The number of ether oxygens (including phenoxy) is 1. The second-order valence-electron chi connectivity index (χ2n) is 3.61. The van der Waals surface area contributed by atoms with Gasteiger partial charge in [-0.3, -0.25) is 0 Å². The quantitative estimate of drug-likeness (QED) is 0.712. The standard InChI is InChI=1S/C12H5Br2ClFNO3/c13-5-1-6(12(18)19)11(17-4-5)20-10-3-9(16)8(15)2-7(10)14/h1-4H,(H,18,19). The zero-order valence-electron chi connectivity index (χ0n) is 9.53. The largest absolute Gasteiger partial charge is 0.477 e. The number of aromatic carboxylic acids is 1. The van der Waals surface area contributed by atoms with Gasteiger partial charge < -0.3 is 9.84 Å². The highest BCUT2D eigenvalue weighted by Gasteiger charge is 2.16. The van der Waals surface area contributed by atoms with Crippen LogP contribution in [0.25, 0.3) is 0 Å². The van der Waals surface area contributed by atoms with Gasteiger partial charge in [0, 0.05) is 16.7 Å². The van der Waals surface area contributed by atoms with Crippen LogP contribution in [0.2, 0.25) is 5.02 Å². The molecule has 0 aliphatic rings. The summed E-state index contributed by atoms with van der Waals surface area (Å²) in [4.78, 5) is 15.0. The van der Waals surface area contributed by atoms with Crippen molar-refractivity contribution in [1.29, 1.82) is 0 Å². The Balaban J connectivity index is 2.45. The van der Waals surface area contributed by atoms with Gasteiger partial charge in [0.05, 0.1) is 9.50 Å². The maximum atomic E-state index is 13.4. The number of carbonyl (C=O) groups is 1. The Morgan fingerprint density at radius 1 is 1.35 bits per heavy atom. The van der Waals surface area contributed by atoms with E-state index < -0.39 is 11.8 Å². The molecule has 0 saturated heterocycles. The number of aromatic nitrogens is 1. The van der Waals surface area contributed by atoms with E-state index in [1.54, 1.807) is 0 Å². The third-order valence-electron chi connectivity index (χ3n) is 2.23. The van der Waals surface area contributed by atoms with Gasteiger partial charge >= 0.3 is 5.97 Å². The molecule has 0 fully saturated rings. The molecule has 1 aromatic carbocycles. The first-order valence-corrected chi connectivity index (χ1v) is 7.06. The van der Waals surface area contributed by atoms with Crippen molar-refractivity contribution in [3.63, 3.8) is 0 Å². The fourth-order valence-electron chi connectivity index (χ4n) is 1.35. The predicted molar refractivity (Wildman–Crippen MR) is 78.1 cm³/mol. The Hall–Kier alpha value is -1.18. The van der Waals surface area contributed by atoms with Crippen LogP contribution in [0.3, 0.4) is 0 Å². The number of benzene rings is 1. The smallest absolute Gasteiger partial charge is 0.341 e. The molecular formula is C12H5Br2ClFNO3. The highest BCUT2D eigenvalue weighted by Crippen LogP contribution is 2.34. The Morgan fingerprint density at radius 3 is 2.70 bits per heavy atom. The summed E-state index contributed by atoms with van der Waals surface area (Å²) in [6.07, 6.45) is 1.38. The lowest BCUT2D eigenvalue weighted by Crippen LogP contribution is -2.02. The highest BCUT2D eigenvalue weighted by atomic mass is 79.9. The Morgan fingerprint density at radius 2 is 2.05 bits per heavy atom. The molecule has 0 atom stereocenters. The molecule has 0 unspecified atom stereocenters. The van der Waals surface area contributed by atoms with Gasteiger partial charge in [0.25, 0.3) is 0 Å². The van der Waals surface area contributed by atoms with Crippen LogP contribution in [0.4, 0.5) is 4.39 Å². The number of hydrogen-bond donors (Lipinski definition) is 1. The highest BCUT2D eigenvalue weighted by molar-refractivity contribution is 9.10. The number of carboxylic acids is 1. The van der Waals surface area contributed by atoms with Crippen LogP contribution in [0.1, 0.15) is 10.4 Å². The van der Waals surface area contributed by atoms with E-state index in [9.17, 15) is 9.18 Å². The van der Waals surface area contributed by atoms with Crippen molar-refractivity contribution < 1.29 is 19.0 Å². The number of halogens is 4. The molecule has 20 heavy (non-hydrogen) atoms. The zero-order chi connectivity index (χ0) is 14.9. The predicted octanol–water partition coefficient (Wildman–Crippen LogP) is 4.89. The van der Waals surface area contributed by atoms with Gasteiger partial charge in [-0.1, -0.05) is 11.6 Å². The lowest BCUT2D eigenvalue weighted by molar-refractivity contribution is 0.0693. The number of nitrogens with zero attached hydrogens (tertiary/aromatic N) is 1. The summed E-state index contributed by atoms with van der Waals surface area (Å²) in [5, 5.41) is 9.01. The molecule has 1 heterocycles. The topological polar surface area (TPSA) is 59.4 Å². The number of rotatable bonds is 3. The molecule has 1 aromatic heterocycles. The summed E-state index contributed by atoms with van der Waals surface area (Å²) in [6.45, 7) is 0. The van der Waals surface area contributed by atoms with Gasteiger partial charge in [-0.05, 0) is 44.0 Å². The van der Waals surface area contributed by atoms with Gasteiger partial charge in [0.15, 0.2) is 0 Å². The molecule has 8 heteroatoms. The Bertz CT molecular complexity index is 697. The number of carboxylic acid groups (broad SMARTS) is 1. The van der Waals surface area contributed by atoms with E-state index in [2.05, 4.69) is 36.8 Å². The lowest BCUT2D eigenvalue weighted by atomic mass is 10.2. The van der Waals surface area contributed by atoms with Crippen LogP contribution in [-0.2, 0) is 0 Å². The fourth-order valence-corrected chi connectivity index (χ4v) is 2.40. The summed E-state index contributed by atoms with van der Waals surface area (Å²) in [7, 11) is 0. The molecule has 2 aromatic rings. The van der Waals surface area contributed by atoms with Crippen molar-refractivity contribution in [2.24, 2.45) is 0 Å². The van der Waals surface area contributed by atoms with E-state index in [1.807, 2.05) is 0 Å². The van der Waals surface area contributed by atoms with Gasteiger partial charge in [-0.2, -0.15) is 0 Å². The normalized spacial score (nSPS) is 10.4. The minimum Gasteiger partial charge on any atom is -0.477 e. The molecule has 0 amide bonds. The molecule has 0 spiro atoms. The molecule has 2 rings (SSSR count). The maximum absolute atomic E-state index is 13.4. The monoisotopic (exact) mass is 423 g/mol. The van der Waals surface area contributed by atoms with Crippen LogP contribution in [0.5, 0.6) is 11.6 Å². The average Bonchev–Trinajstić information content (AvgIpc) is 2.37. The summed E-state index contributed by atoms with van der Waals surface area (Å²) in [6, 6.07) is 3.69. The SMILES string of the molecule is O=C(O)c1cc(Br)cnc1Oc1cc(F)c(Cl)cc1Br. The molecule has 0 aliphatic heterocycles. The first-order chi connectivity index (χ1) is 9.38. The first kappa shape index (κ1) is 15.2. The van der Waals surface area contributed by atoms with Gasteiger partial charge in [-0.25, -0.2) is 14.2 Å². The molecule has 4 nitrogen and oxygen atoms in total. The Kier molecular flexibility index (Phi) is 4.62. The van der Waals surface area contributed by atoms with Crippen molar-refractivity contribution in [2.45, 2.75) is 0 Å².